The Hall–Kier alpha value is -1.40. The van der Waals surface area contributed by atoms with E-state index in [-0.39, 0.29) is 17.9 Å². The van der Waals surface area contributed by atoms with Crippen LogP contribution in [0.25, 0.3) is 0 Å². The summed E-state index contributed by atoms with van der Waals surface area (Å²) in [5, 5.41) is 0. The lowest BCUT2D eigenvalue weighted by Crippen LogP contribution is -2.33. The Kier molecular flexibility index (Phi) is 5.50. The van der Waals surface area contributed by atoms with Crippen molar-refractivity contribution in [3.63, 3.8) is 0 Å². The highest BCUT2D eigenvalue weighted by Crippen LogP contribution is 2.17. The zero-order chi connectivity index (χ0) is 14.5. The number of aryl methyl sites for hydroxylation is 1. The van der Waals surface area contributed by atoms with Crippen LogP contribution in [0.4, 0.5) is 0 Å². The molecule has 6 heteroatoms. The van der Waals surface area contributed by atoms with Gasteiger partial charge in [0.15, 0.2) is 0 Å². The maximum absolute atomic E-state index is 12.4. The predicted molar refractivity (Wildman–Crippen MR) is 72.2 cm³/mol. The fraction of sp³-hybridized carbons (Fsp3) is 0.462. The quantitative estimate of drug-likeness (QED) is 0.744. The Labute approximate surface area is 114 Å². The van der Waals surface area contributed by atoms with Gasteiger partial charge in [-0.1, -0.05) is 19.1 Å². The smallest absolute Gasteiger partial charge is 0.306 e. The summed E-state index contributed by atoms with van der Waals surface area (Å²) >= 11 is 0. The van der Waals surface area contributed by atoms with E-state index in [0.29, 0.717) is 6.54 Å². The Morgan fingerprint density at radius 2 is 2.05 bits per heavy atom. The zero-order valence-corrected chi connectivity index (χ0v) is 12.2. The van der Waals surface area contributed by atoms with E-state index in [1.54, 1.807) is 25.1 Å². The molecule has 19 heavy (non-hydrogen) atoms. The highest BCUT2D eigenvalue weighted by Gasteiger charge is 2.23. The van der Waals surface area contributed by atoms with Gasteiger partial charge in [0.25, 0.3) is 0 Å². The van der Waals surface area contributed by atoms with Gasteiger partial charge >= 0.3 is 5.97 Å². The third-order valence-corrected chi connectivity index (χ3v) is 4.74. The van der Waals surface area contributed by atoms with E-state index < -0.39 is 16.0 Å². The topological polar surface area (TPSA) is 63.7 Å². The molecular weight excluding hydrogens is 266 g/mol. The first-order valence-electron chi connectivity index (χ1n) is 6.05. The molecule has 0 aromatic heterocycles. The zero-order valence-electron chi connectivity index (χ0n) is 11.4. The summed E-state index contributed by atoms with van der Waals surface area (Å²) in [6.45, 7) is 4.01. The summed E-state index contributed by atoms with van der Waals surface area (Å²) in [7, 11) is -2.27. The molecule has 0 aliphatic carbocycles. The summed E-state index contributed by atoms with van der Waals surface area (Å²) in [6.07, 6.45) is 0.0510. The fourth-order valence-corrected chi connectivity index (χ4v) is 3.25. The van der Waals surface area contributed by atoms with Gasteiger partial charge in [-0.2, -0.15) is 4.31 Å². The third-order valence-electron chi connectivity index (χ3n) is 2.77. The Bertz CT molecular complexity index is 539. The summed E-state index contributed by atoms with van der Waals surface area (Å²) in [5.41, 5.74) is 0.880. The number of sulfonamides is 1. The lowest BCUT2D eigenvalue weighted by molar-refractivity contribution is -0.140. The molecule has 0 fully saturated rings. The second kappa shape index (κ2) is 6.68. The summed E-state index contributed by atoms with van der Waals surface area (Å²) < 4.78 is 30.6. The normalized spacial score (nSPS) is 11.6. The first kappa shape index (κ1) is 15.7. The molecule has 0 atom stereocenters. The van der Waals surface area contributed by atoms with Crippen LogP contribution in [0.3, 0.4) is 0 Å². The van der Waals surface area contributed by atoms with Gasteiger partial charge < -0.3 is 4.74 Å². The molecule has 1 rings (SSSR count). The van der Waals surface area contributed by atoms with Crippen molar-refractivity contribution in [2.75, 3.05) is 20.2 Å². The van der Waals surface area contributed by atoms with Crippen molar-refractivity contribution in [1.29, 1.82) is 0 Å². The SMILES string of the molecule is CCN(CCC(=O)OC)S(=O)(=O)c1cccc(C)c1. The van der Waals surface area contributed by atoms with Gasteiger partial charge in [0.2, 0.25) is 10.0 Å². The Balaban J connectivity index is 2.93. The summed E-state index contributed by atoms with van der Waals surface area (Å²) in [6, 6.07) is 6.72. The molecule has 0 saturated carbocycles. The van der Waals surface area contributed by atoms with Gasteiger partial charge in [-0.15, -0.1) is 0 Å². The second-order valence-electron chi connectivity index (χ2n) is 4.14. The molecule has 1 aromatic rings. The highest BCUT2D eigenvalue weighted by atomic mass is 32.2. The number of esters is 1. The minimum absolute atomic E-state index is 0.0510. The van der Waals surface area contributed by atoms with Crippen molar-refractivity contribution in [3.8, 4) is 0 Å². The maximum Gasteiger partial charge on any atom is 0.306 e. The largest absolute Gasteiger partial charge is 0.469 e. The fourth-order valence-electron chi connectivity index (χ4n) is 1.69. The number of carbonyl (C=O) groups is 1. The van der Waals surface area contributed by atoms with Crippen molar-refractivity contribution in [3.05, 3.63) is 29.8 Å². The standard InChI is InChI=1S/C13H19NO4S/c1-4-14(9-8-13(15)18-3)19(16,17)12-7-5-6-11(2)10-12/h5-7,10H,4,8-9H2,1-3H3. The van der Waals surface area contributed by atoms with Crippen molar-refractivity contribution in [1.82, 2.24) is 4.31 Å². The Morgan fingerprint density at radius 1 is 1.37 bits per heavy atom. The van der Waals surface area contributed by atoms with Crippen molar-refractivity contribution >= 4 is 16.0 Å². The molecule has 0 saturated heterocycles. The number of carbonyl (C=O) groups excluding carboxylic acids is 1. The highest BCUT2D eigenvalue weighted by molar-refractivity contribution is 7.89. The Morgan fingerprint density at radius 3 is 2.58 bits per heavy atom. The lowest BCUT2D eigenvalue weighted by Gasteiger charge is -2.20. The summed E-state index contributed by atoms with van der Waals surface area (Å²) in [5.74, 6) is -0.419. The van der Waals surface area contributed by atoms with Crippen LogP contribution >= 0.6 is 0 Å². The van der Waals surface area contributed by atoms with Crippen LogP contribution in [0.15, 0.2) is 29.2 Å². The van der Waals surface area contributed by atoms with Gasteiger partial charge in [-0.05, 0) is 24.6 Å². The lowest BCUT2D eigenvalue weighted by atomic mass is 10.2. The average Bonchev–Trinajstić information content (AvgIpc) is 2.38. The third kappa shape index (κ3) is 4.04. The van der Waals surface area contributed by atoms with E-state index in [1.165, 1.54) is 11.4 Å². The molecule has 1 aromatic carbocycles. The van der Waals surface area contributed by atoms with Crippen LogP contribution in [0, 0.1) is 6.92 Å². The number of methoxy groups -OCH3 is 1. The minimum atomic E-state index is -3.55. The van der Waals surface area contributed by atoms with E-state index in [1.807, 2.05) is 13.0 Å². The van der Waals surface area contributed by atoms with E-state index >= 15 is 0 Å². The van der Waals surface area contributed by atoms with Crippen LogP contribution in [-0.2, 0) is 19.6 Å². The van der Waals surface area contributed by atoms with E-state index in [9.17, 15) is 13.2 Å². The molecule has 0 heterocycles. The van der Waals surface area contributed by atoms with E-state index in [2.05, 4.69) is 4.74 Å². The number of hydrogen-bond donors (Lipinski definition) is 0. The average molecular weight is 285 g/mol. The van der Waals surface area contributed by atoms with Crippen LogP contribution in [0.1, 0.15) is 18.9 Å². The van der Waals surface area contributed by atoms with Gasteiger partial charge in [0, 0.05) is 13.1 Å². The minimum Gasteiger partial charge on any atom is -0.469 e. The van der Waals surface area contributed by atoms with E-state index in [4.69, 9.17) is 0 Å². The van der Waals surface area contributed by atoms with Gasteiger partial charge in [0.05, 0.1) is 18.4 Å². The number of benzene rings is 1. The molecule has 0 unspecified atom stereocenters. The number of rotatable bonds is 6. The number of hydrogen-bond acceptors (Lipinski definition) is 4. The van der Waals surface area contributed by atoms with E-state index in [0.717, 1.165) is 5.56 Å². The van der Waals surface area contributed by atoms with Crippen LogP contribution in [0.5, 0.6) is 0 Å². The molecule has 0 aliphatic rings. The molecule has 0 N–H and O–H groups in total. The molecule has 0 amide bonds. The van der Waals surface area contributed by atoms with Crippen molar-refractivity contribution in [2.45, 2.75) is 25.2 Å². The number of ether oxygens (including phenoxy) is 1. The predicted octanol–water partition coefficient (Wildman–Crippen LogP) is 1.57. The molecule has 0 spiro atoms. The van der Waals surface area contributed by atoms with Crippen LogP contribution in [0.2, 0.25) is 0 Å². The van der Waals surface area contributed by atoms with Gasteiger partial charge in [-0.25, -0.2) is 8.42 Å². The van der Waals surface area contributed by atoms with Crippen LogP contribution < -0.4 is 0 Å². The van der Waals surface area contributed by atoms with Gasteiger partial charge in [-0.3, -0.25) is 4.79 Å². The van der Waals surface area contributed by atoms with Crippen molar-refractivity contribution in [2.24, 2.45) is 0 Å². The monoisotopic (exact) mass is 285 g/mol. The molecule has 0 bridgehead atoms. The molecular formula is C13H19NO4S. The van der Waals surface area contributed by atoms with Crippen molar-refractivity contribution < 1.29 is 17.9 Å². The first-order valence-corrected chi connectivity index (χ1v) is 7.49. The summed E-state index contributed by atoms with van der Waals surface area (Å²) in [4.78, 5) is 11.4. The second-order valence-corrected chi connectivity index (χ2v) is 6.08. The molecule has 0 radical (unpaired) electrons. The molecule has 0 aliphatic heterocycles. The molecule has 5 nitrogen and oxygen atoms in total. The maximum atomic E-state index is 12.4. The first-order chi connectivity index (χ1) is 8.91. The van der Waals surface area contributed by atoms with Crippen LogP contribution in [-0.4, -0.2) is 38.9 Å². The van der Waals surface area contributed by atoms with Gasteiger partial charge in [0.1, 0.15) is 0 Å². The number of nitrogens with zero attached hydrogens (tertiary/aromatic N) is 1. The molecule has 106 valence electrons.